The van der Waals surface area contributed by atoms with Crippen LogP contribution in [-0.2, 0) is 19.5 Å². The number of hydrogen-bond acceptors (Lipinski definition) is 4. The summed E-state index contributed by atoms with van der Waals surface area (Å²) in [6.07, 6.45) is 4.45. The molecule has 2 aromatic carbocycles. The number of rotatable bonds is 7. The average molecular weight is 422 g/mol. The van der Waals surface area contributed by atoms with E-state index in [0.717, 1.165) is 41.8 Å². The van der Waals surface area contributed by atoms with E-state index < -0.39 is 0 Å². The summed E-state index contributed by atoms with van der Waals surface area (Å²) in [6.45, 7) is 2.66. The SMILES string of the molecule is CCCCc1nc2ccn(CC#N)c(=O)c2n1Cc1ccc(-c2ccccc2C#N)cc1. The Labute approximate surface area is 186 Å². The van der Waals surface area contributed by atoms with Crippen LogP contribution in [0.2, 0.25) is 0 Å². The molecule has 4 aromatic rings. The van der Waals surface area contributed by atoms with Crippen molar-refractivity contribution < 1.29 is 0 Å². The van der Waals surface area contributed by atoms with Crippen molar-refractivity contribution in [3.63, 3.8) is 0 Å². The molecule has 6 heteroatoms. The summed E-state index contributed by atoms with van der Waals surface area (Å²) in [5.41, 5.74) is 4.55. The Kier molecular flexibility index (Phi) is 6.14. The quantitative estimate of drug-likeness (QED) is 0.434. The van der Waals surface area contributed by atoms with Crippen molar-refractivity contribution in [2.45, 2.75) is 39.3 Å². The van der Waals surface area contributed by atoms with E-state index in [0.29, 0.717) is 23.1 Å². The lowest BCUT2D eigenvalue weighted by Gasteiger charge is -2.11. The molecule has 0 aliphatic rings. The molecule has 0 bridgehead atoms. The van der Waals surface area contributed by atoms with Crippen molar-refractivity contribution >= 4 is 11.0 Å². The van der Waals surface area contributed by atoms with Crippen LogP contribution in [0.4, 0.5) is 0 Å². The van der Waals surface area contributed by atoms with E-state index in [1.807, 2.05) is 65.2 Å². The maximum atomic E-state index is 13.0. The molecule has 0 amide bonds. The second kappa shape index (κ2) is 9.32. The van der Waals surface area contributed by atoms with Crippen LogP contribution in [-0.4, -0.2) is 14.1 Å². The van der Waals surface area contributed by atoms with Gasteiger partial charge in [0.15, 0.2) is 0 Å². The molecule has 0 atom stereocenters. The zero-order chi connectivity index (χ0) is 22.5. The first kappa shape index (κ1) is 21.1. The van der Waals surface area contributed by atoms with Gasteiger partial charge in [-0.3, -0.25) is 9.36 Å². The monoisotopic (exact) mass is 421 g/mol. The van der Waals surface area contributed by atoms with Gasteiger partial charge in [-0.2, -0.15) is 10.5 Å². The van der Waals surface area contributed by atoms with Gasteiger partial charge in [0.2, 0.25) is 0 Å². The molecule has 0 saturated heterocycles. The van der Waals surface area contributed by atoms with E-state index in [4.69, 9.17) is 10.2 Å². The number of pyridine rings is 1. The smallest absolute Gasteiger partial charge is 0.277 e. The van der Waals surface area contributed by atoms with Crippen LogP contribution in [0.1, 0.15) is 36.7 Å². The summed E-state index contributed by atoms with van der Waals surface area (Å²) in [6, 6.07) is 21.7. The van der Waals surface area contributed by atoms with Gasteiger partial charge in [-0.15, -0.1) is 0 Å². The Bertz CT molecular complexity index is 1400. The standard InChI is InChI=1S/C26H23N5O/c1-2-3-8-24-29-23-13-15-30(16-14-27)26(32)25(23)31(24)18-19-9-11-20(12-10-19)22-7-5-4-6-21(22)17-28/h4-7,9-13,15H,2-3,8,16,18H2,1H3. The van der Waals surface area contributed by atoms with Crippen LogP contribution in [0.15, 0.2) is 65.6 Å². The van der Waals surface area contributed by atoms with Crippen molar-refractivity contribution in [1.29, 1.82) is 10.5 Å². The summed E-state index contributed by atoms with van der Waals surface area (Å²) in [4.78, 5) is 17.8. The zero-order valence-corrected chi connectivity index (χ0v) is 18.0. The van der Waals surface area contributed by atoms with Gasteiger partial charge in [-0.05, 0) is 35.2 Å². The van der Waals surface area contributed by atoms with E-state index in [1.165, 1.54) is 4.57 Å². The lowest BCUT2D eigenvalue weighted by Crippen LogP contribution is -2.21. The Morgan fingerprint density at radius 3 is 2.53 bits per heavy atom. The highest BCUT2D eigenvalue weighted by molar-refractivity contribution is 5.75. The fraction of sp³-hybridized carbons (Fsp3) is 0.231. The molecule has 0 saturated carbocycles. The Balaban J connectivity index is 1.74. The minimum Gasteiger partial charge on any atom is -0.319 e. The fourth-order valence-corrected chi connectivity index (χ4v) is 3.93. The van der Waals surface area contributed by atoms with Crippen molar-refractivity contribution in [1.82, 2.24) is 14.1 Å². The molecular formula is C26H23N5O. The van der Waals surface area contributed by atoms with Gasteiger partial charge in [0, 0.05) is 19.2 Å². The third kappa shape index (κ3) is 4.04. The van der Waals surface area contributed by atoms with Gasteiger partial charge in [0.1, 0.15) is 17.9 Å². The molecule has 32 heavy (non-hydrogen) atoms. The number of nitrogens with zero attached hydrogens (tertiary/aromatic N) is 5. The van der Waals surface area contributed by atoms with E-state index >= 15 is 0 Å². The fourth-order valence-electron chi connectivity index (χ4n) is 3.93. The summed E-state index contributed by atoms with van der Waals surface area (Å²) >= 11 is 0. The molecule has 6 nitrogen and oxygen atoms in total. The maximum absolute atomic E-state index is 13.0. The number of fused-ring (bicyclic) bond motifs is 1. The van der Waals surface area contributed by atoms with E-state index in [9.17, 15) is 10.1 Å². The predicted octanol–water partition coefficient (Wildman–Crippen LogP) is 4.65. The van der Waals surface area contributed by atoms with Crippen molar-refractivity contribution in [3.05, 3.63) is 88.1 Å². The second-order valence-electron chi connectivity index (χ2n) is 7.71. The van der Waals surface area contributed by atoms with Crippen LogP contribution in [0.3, 0.4) is 0 Å². The van der Waals surface area contributed by atoms with Gasteiger partial charge < -0.3 is 4.57 Å². The molecule has 0 radical (unpaired) electrons. The van der Waals surface area contributed by atoms with Crippen LogP contribution in [0, 0.1) is 22.7 Å². The van der Waals surface area contributed by atoms with E-state index in [-0.39, 0.29) is 12.1 Å². The molecule has 0 aliphatic carbocycles. The lowest BCUT2D eigenvalue weighted by atomic mass is 9.99. The number of hydrogen-bond donors (Lipinski definition) is 0. The lowest BCUT2D eigenvalue weighted by molar-refractivity contribution is 0.685. The highest BCUT2D eigenvalue weighted by Gasteiger charge is 2.16. The topological polar surface area (TPSA) is 87.4 Å². The van der Waals surface area contributed by atoms with Crippen molar-refractivity contribution in [3.8, 4) is 23.3 Å². The van der Waals surface area contributed by atoms with Crippen LogP contribution in [0.5, 0.6) is 0 Å². The van der Waals surface area contributed by atoms with Gasteiger partial charge in [-0.1, -0.05) is 55.8 Å². The normalized spacial score (nSPS) is 10.7. The molecule has 158 valence electrons. The minimum atomic E-state index is -0.195. The van der Waals surface area contributed by atoms with Gasteiger partial charge in [0.05, 0.1) is 23.2 Å². The first-order chi connectivity index (χ1) is 15.7. The molecule has 2 heterocycles. The Morgan fingerprint density at radius 1 is 1.03 bits per heavy atom. The molecule has 0 spiro atoms. The molecule has 0 fully saturated rings. The van der Waals surface area contributed by atoms with E-state index in [2.05, 4.69) is 13.0 Å². The third-order valence-electron chi connectivity index (χ3n) is 5.60. The van der Waals surface area contributed by atoms with Crippen molar-refractivity contribution in [2.75, 3.05) is 0 Å². The number of imidazole rings is 1. The molecular weight excluding hydrogens is 398 g/mol. The van der Waals surface area contributed by atoms with E-state index in [1.54, 1.807) is 6.20 Å². The Morgan fingerprint density at radius 2 is 1.81 bits per heavy atom. The van der Waals surface area contributed by atoms with Crippen LogP contribution >= 0.6 is 0 Å². The highest BCUT2D eigenvalue weighted by atomic mass is 16.1. The largest absolute Gasteiger partial charge is 0.319 e. The number of aromatic nitrogens is 3. The Hall–Kier alpha value is -4.16. The summed E-state index contributed by atoms with van der Waals surface area (Å²) < 4.78 is 3.41. The van der Waals surface area contributed by atoms with Crippen LogP contribution in [0.25, 0.3) is 22.2 Å². The molecule has 0 unspecified atom stereocenters. The number of unbranched alkanes of at least 4 members (excludes halogenated alkanes) is 1. The summed E-state index contributed by atoms with van der Waals surface area (Å²) in [5.74, 6) is 0.882. The zero-order valence-electron chi connectivity index (χ0n) is 18.0. The second-order valence-corrected chi connectivity index (χ2v) is 7.71. The van der Waals surface area contributed by atoms with Crippen molar-refractivity contribution in [2.24, 2.45) is 0 Å². The molecule has 2 aromatic heterocycles. The number of benzene rings is 2. The number of nitriles is 2. The predicted molar refractivity (Wildman–Crippen MR) is 124 cm³/mol. The highest BCUT2D eigenvalue weighted by Crippen LogP contribution is 2.24. The first-order valence-electron chi connectivity index (χ1n) is 10.7. The maximum Gasteiger partial charge on any atom is 0.277 e. The van der Waals surface area contributed by atoms with Gasteiger partial charge in [0.25, 0.3) is 5.56 Å². The molecule has 0 N–H and O–H groups in total. The molecule has 4 rings (SSSR count). The van der Waals surface area contributed by atoms with Gasteiger partial charge >= 0.3 is 0 Å². The first-order valence-corrected chi connectivity index (χ1v) is 10.7. The average Bonchev–Trinajstić information content (AvgIpc) is 3.18. The number of aryl methyl sites for hydroxylation is 1. The van der Waals surface area contributed by atoms with Crippen LogP contribution < -0.4 is 5.56 Å². The minimum absolute atomic E-state index is 0.0112. The molecule has 0 aliphatic heterocycles. The van der Waals surface area contributed by atoms with Gasteiger partial charge in [-0.25, -0.2) is 4.98 Å². The summed E-state index contributed by atoms with van der Waals surface area (Å²) in [5, 5.41) is 18.4. The third-order valence-corrected chi connectivity index (χ3v) is 5.60. The summed E-state index contributed by atoms with van der Waals surface area (Å²) in [7, 11) is 0.